The number of hydrazone groups is 1. The van der Waals surface area contributed by atoms with E-state index in [1.54, 1.807) is 30.3 Å². The van der Waals surface area contributed by atoms with Crippen molar-refractivity contribution in [2.45, 2.75) is 58.8 Å². The molecule has 2 aromatic carbocycles. The molecule has 0 aromatic heterocycles. The summed E-state index contributed by atoms with van der Waals surface area (Å²) in [5, 5.41) is 4.03. The summed E-state index contributed by atoms with van der Waals surface area (Å²) in [5.41, 5.74) is 4.60. The normalized spacial score (nSPS) is 10.9. The van der Waals surface area contributed by atoms with E-state index in [2.05, 4.69) is 33.4 Å². The van der Waals surface area contributed by atoms with Crippen molar-refractivity contribution < 1.29 is 14.3 Å². The molecule has 0 aliphatic rings. The van der Waals surface area contributed by atoms with Crippen molar-refractivity contribution in [1.82, 2.24) is 5.43 Å². The maximum atomic E-state index is 12.4. The summed E-state index contributed by atoms with van der Waals surface area (Å²) in [4.78, 5) is 24.4. The molecule has 0 aliphatic carbocycles. The van der Waals surface area contributed by atoms with Crippen molar-refractivity contribution in [2.75, 3.05) is 0 Å². The van der Waals surface area contributed by atoms with E-state index in [1.807, 2.05) is 19.1 Å². The number of ether oxygens (including phenoxy) is 1. The molecular weight excluding hydrogens is 444 g/mol. The summed E-state index contributed by atoms with van der Waals surface area (Å²) in [6.45, 7) is 4.11. The fourth-order valence-electron chi connectivity index (χ4n) is 2.94. The summed E-state index contributed by atoms with van der Waals surface area (Å²) in [7, 11) is 0. The molecule has 0 radical (unpaired) electrons. The van der Waals surface area contributed by atoms with E-state index in [1.165, 1.54) is 25.5 Å². The fraction of sp³-hybridized carbons (Fsp3) is 0.375. The van der Waals surface area contributed by atoms with Crippen LogP contribution in [0.5, 0.6) is 5.75 Å². The maximum absolute atomic E-state index is 12.4. The number of nitrogens with zero attached hydrogens (tertiary/aromatic N) is 1. The van der Waals surface area contributed by atoms with Crippen LogP contribution in [-0.4, -0.2) is 18.1 Å². The predicted molar refractivity (Wildman–Crippen MR) is 124 cm³/mol. The molecule has 5 nitrogen and oxygen atoms in total. The number of benzene rings is 2. The number of hydrogen-bond acceptors (Lipinski definition) is 4. The van der Waals surface area contributed by atoms with Gasteiger partial charge >= 0.3 is 5.97 Å². The van der Waals surface area contributed by atoms with Crippen molar-refractivity contribution in [3.63, 3.8) is 0 Å². The Bertz CT molecular complexity index is 881. The lowest BCUT2D eigenvalue weighted by molar-refractivity contribution is -0.121. The van der Waals surface area contributed by atoms with E-state index >= 15 is 0 Å². The molecule has 0 aliphatic heterocycles. The number of aryl methyl sites for hydroxylation is 1. The molecule has 0 atom stereocenters. The van der Waals surface area contributed by atoms with Crippen LogP contribution in [-0.2, 0) is 4.79 Å². The van der Waals surface area contributed by atoms with E-state index in [9.17, 15) is 9.59 Å². The molecule has 1 N–H and O–H groups in total. The number of unbranched alkanes of at least 4 members (excludes halogenated alkanes) is 5. The van der Waals surface area contributed by atoms with Gasteiger partial charge in [0.1, 0.15) is 5.75 Å². The highest BCUT2D eigenvalue weighted by atomic mass is 79.9. The van der Waals surface area contributed by atoms with Gasteiger partial charge in [0, 0.05) is 16.5 Å². The van der Waals surface area contributed by atoms with Crippen LogP contribution in [0.2, 0.25) is 0 Å². The molecule has 2 rings (SSSR count). The number of rotatable bonds is 11. The van der Waals surface area contributed by atoms with E-state index in [0.717, 1.165) is 29.3 Å². The van der Waals surface area contributed by atoms with E-state index < -0.39 is 5.97 Å². The van der Waals surface area contributed by atoms with Crippen molar-refractivity contribution in [3.8, 4) is 5.75 Å². The van der Waals surface area contributed by atoms with Crippen LogP contribution in [0.15, 0.2) is 52.0 Å². The van der Waals surface area contributed by atoms with Gasteiger partial charge in [0.25, 0.3) is 0 Å². The minimum atomic E-state index is -0.442. The van der Waals surface area contributed by atoms with Crippen LogP contribution in [0.3, 0.4) is 0 Å². The van der Waals surface area contributed by atoms with Crippen molar-refractivity contribution >= 4 is 34.0 Å². The molecule has 2 aromatic rings. The molecule has 0 spiro atoms. The molecule has 160 valence electrons. The molecule has 6 heteroatoms. The second-order valence-corrected chi connectivity index (χ2v) is 8.17. The molecule has 0 unspecified atom stereocenters. The summed E-state index contributed by atoms with van der Waals surface area (Å²) in [5.74, 6) is -0.184. The van der Waals surface area contributed by atoms with Gasteiger partial charge < -0.3 is 4.74 Å². The predicted octanol–water partition coefficient (Wildman–Crippen LogP) is 6.18. The lowest BCUT2D eigenvalue weighted by Crippen LogP contribution is -2.17. The van der Waals surface area contributed by atoms with Gasteiger partial charge in [-0.3, -0.25) is 4.79 Å². The molecule has 0 fully saturated rings. The fourth-order valence-corrected chi connectivity index (χ4v) is 3.32. The Balaban J connectivity index is 1.91. The molecular formula is C24H29BrN2O3. The minimum absolute atomic E-state index is 0.116. The SMILES string of the molecule is CCCCCCCCC(=O)N/N=C/c1cc(Br)ccc1OC(=O)c1cccc(C)c1. The van der Waals surface area contributed by atoms with Crippen LogP contribution >= 0.6 is 15.9 Å². The third-order valence-corrected chi connectivity index (χ3v) is 5.07. The summed E-state index contributed by atoms with van der Waals surface area (Å²) in [6, 6.07) is 12.5. The van der Waals surface area contributed by atoms with Gasteiger partial charge in [-0.05, 0) is 43.7 Å². The Morgan fingerprint density at radius 1 is 1.07 bits per heavy atom. The van der Waals surface area contributed by atoms with Crippen LogP contribution in [0.1, 0.15) is 73.4 Å². The lowest BCUT2D eigenvalue weighted by atomic mass is 10.1. The Morgan fingerprint density at radius 2 is 1.83 bits per heavy atom. The van der Waals surface area contributed by atoms with E-state index in [0.29, 0.717) is 23.3 Å². The first kappa shape index (κ1) is 23.8. The van der Waals surface area contributed by atoms with Gasteiger partial charge in [0.2, 0.25) is 5.91 Å². The third-order valence-electron chi connectivity index (χ3n) is 4.58. The van der Waals surface area contributed by atoms with E-state index in [-0.39, 0.29) is 5.91 Å². The van der Waals surface area contributed by atoms with Crippen LogP contribution in [0, 0.1) is 6.92 Å². The largest absolute Gasteiger partial charge is 0.422 e. The Hall–Kier alpha value is -2.47. The molecule has 0 saturated heterocycles. The molecule has 1 amide bonds. The monoisotopic (exact) mass is 472 g/mol. The van der Waals surface area contributed by atoms with Gasteiger partial charge in [-0.25, -0.2) is 10.2 Å². The highest BCUT2D eigenvalue weighted by Gasteiger charge is 2.12. The van der Waals surface area contributed by atoms with Crippen LogP contribution in [0.4, 0.5) is 0 Å². The number of carbonyl (C=O) groups is 2. The summed E-state index contributed by atoms with van der Waals surface area (Å²) >= 11 is 3.41. The van der Waals surface area contributed by atoms with Gasteiger partial charge in [-0.2, -0.15) is 5.10 Å². The van der Waals surface area contributed by atoms with Gasteiger partial charge in [0.05, 0.1) is 11.8 Å². The highest BCUT2D eigenvalue weighted by molar-refractivity contribution is 9.10. The quantitative estimate of drug-likeness (QED) is 0.139. The third kappa shape index (κ3) is 8.49. The maximum Gasteiger partial charge on any atom is 0.343 e. The van der Waals surface area contributed by atoms with Crippen molar-refractivity contribution in [1.29, 1.82) is 0 Å². The van der Waals surface area contributed by atoms with Gasteiger partial charge in [0.15, 0.2) is 0 Å². The standard InChI is InChI=1S/C24H29BrN2O3/c1-3-4-5-6-7-8-12-23(28)27-26-17-20-16-21(25)13-14-22(20)30-24(29)19-11-9-10-18(2)15-19/h9-11,13-17H,3-8,12H2,1-2H3,(H,27,28)/b26-17+. The number of nitrogens with one attached hydrogen (secondary N) is 1. The molecule has 0 saturated carbocycles. The first-order valence-electron chi connectivity index (χ1n) is 10.4. The number of amides is 1. The summed E-state index contributed by atoms with van der Waals surface area (Å²) < 4.78 is 6.36. The number of esters is 1. The van der Waals surface area contributed by atoms with Gasteiger partial charge in [-0.15, -0.1) is 0 Å². The zero-order valence-electron chi connectivity index (χ0n) is 17.6. The lowest BCUT2D eigenvalue weighted by Gasteiger charge is -2.08. The zero-order valence-corrected chi connectivity index (χ0v) is 19.2. The second-order valence-electron chi connectivity index (χ2n) is 7.25. The average Bonchev–Trinajstić information content (AvgIpc) is 2.72. The van der Waals surface area contributed by atoms with Crippen LogP contribution < -0.4 is 10.2 Å². The Morgan fingerprint density at radius 3 is 2.60 bits per heavy atom. The zero-order chi connectivity index (χ0) is 21.8. The molecule has 0 bridgehead atoms. The van der Waals surface area contributed by atoms with Crippen LogP contribution in [0.25, 0.3) is 0 Å². The molecule has 0 heterocycles. The van der Waals surface area contributed by atoms with Crippen molar-refractivity contribution in [3.05, 3.63) is 63.6 Å². The number of hydrogen-bond donors (Lipinski definition) is 1. The Kier molecular flexibility index (Phi) is 10.3. The first-order chi connectivity index (χ1) is 14.5. The van der Waals surface area contributed by atoms with E-state index in [4.69, 9.17) is 4.74 Å². The second kappa shape index (κ2) is 13.0. The molecule has 30 heavy (non-hydrogen) atoms. The average molecular weight is 473 g/mol. The van der Waals surface area contributed by atoms with Crippen molar-refractivity contribution in [2.24, 2.45) is 5.10 Å². The minimum Gasteiger partial charge on any atom is -0.422 e. The summed E-state index contributed by atoms with van der Waals surface area (Å²) in [6.07, 6.45) is 8.72. The number of halogens is 1. The topological polar surface area (TPSA) is 67.8 Å². The first-order valence-corrected chi connectivity index (χ1v) is 11.2. The number of carbonyl (C=O) groups excluding carboxylic acids is 2. The highest BCUT2D eigenvalue weighted by Crippen LogP contribution is 2.23. The Labute approximate surface area is 187 Å². The smallest absolute Gasteiger partial charge is 0.343 e. The van der Waals surface area contributed by atoms with Gasteiger partial charge in [-0.1, -0.05) is 72.7 Å².